The molecule has 0 saturated heterocycles. The van der Waals surface area contributed by atoms with Crippen LogP contribution in [0.5, 0.6) is 0 Å². The SMILES string of the molecule is C[Si](C)(C)[n+]1ccn2ncccc21.[I-]. The molecule has 0 bridgehead atoms. The Hall–Kier alpha value is -0.433. The molecule has 0 aliphatic heterocycles. The molecule has 0 amide bonds. The van der Waals surface area contributed by atoms with Crippen LogP contribution in [0.4, 0.5) is 0 Å². The third kappa shape index (κ3) is 1.98. The Morgan fingerprint density at radius 3 is 2.71 bits per heavy atom. The maximum atomic E-state index is 4.23. The minimum atomic E-state index is -1.29. The number of fused-ring (bicyclic) bond motifs is 1. The third-order valence-electron chi connectivity index (χ3n) is 2.08. The third-order valence-corrected chi connectivity index (χ3v) is 3.91. The number of aromatic nitrogens is 3. The van der Waals surface area contributed by atoms with Gasteiger partial charge < -0.3 is 24.0 Å². The molecule has 0 aliphatic carbocycles. The number of hydrogen-bond acceptors (Lipinski definition) is 1. The predicted molar refractivity (Wildman–Crippen MR) is 54.1 cm³/mol. The summed E-state index contributed by atoms with van der Waals surface area (Å²) in [5.41, 5.74) is 1.18. The van der Waals surface area contributed by atoms with Crippen LogP contribution in [0.25, 0.3) is 5.65 Å². The van der Waals surface area contributed by atoms with Gasteiger partial charge in [-0.3, -0.25) is 4.23 Å². The number of halogens is 1. The summed E-state index contributed by atoms with van der Waals surface area (Å²) < 4.78 is 4.26. The van der Waals surface area contributed by atoms with Crippen LogP contribution < -0.4 is 28.2 Å². The molecule has 0 aliphatic rings. The minimum absolute atomic E-state index is 0. The van der Waals surface area contributed by atoms with Crippen LogP contribution >= 0.6 is 0 Å². The second kappa shape index (κ2) is 3.97. The molecule has 2 rings (SSSR count). The van der Waals surface area contributed by atoms with Crippen LogP contribution in [0, 0.1) is 0 Å². The summed E-state index contributed by atoms with van der Waals surface area (Å²) in [6.07, 6.45) is 5.93. The Labute approximate surface area is 102 Å². The summed E-state index contributed by atoms with van der Waals surface area (Å²) in [5, 5.41) is 4.23. The summed E-state index contributed by atoms with van der Waals surface area (Å²) in [7, 11) is -1.29. The molecule has 2 aromatic heterocycles. The van der Waals surface area contributed by atoms with Gasteiger partial charge in [0.05, 0.1) is 6.20 Å². The zero-order valence-electron chi connectivity index (χ0n) is 8.61. The highest BCUT2D eigenvalue weighted by molar-refractivity contribution is 6.67. The fourth-order valence-corrected chi connectivity index (χ4v) is 2.83. The first kappa shape index (κ1) is 11.6. The highest BCUT2D eigenvalue weighted by Crippen LogP contribution is 2.01. The normalized spacial score (nSPS) is 11.4. The van der Waals surface area contributed by atoms with Crippen molar-refractivity contribution in [2.45, 2.75) is 19.6 Å². The maximum absolute atomic E-state index is 4.23. The van der Waals surface area contributed by atoms with Crippen LogP contribution in [0.15, 0.2) is 30.7 Å². The molecule has 0 N–H and O–H groups in total. The lowest BCUT2D eigenvalue weighted by atomic mass is 10.6. The number of nitrogens with zero attached hydrogens (tertiary/aromatic N) is 3. The Balaban J connectivity index is 0.000000980. The monoisotopic (exact) mass is 319 g/mol. The summed E-state index contributed by atoms with van der Waals surface area (Å²) >= 11 is 0. The molecule has 0 aromatic carbocycles. The fraction of sp³-hybridized carbons (Fsp3) is 0.333. The first-order chi connectivity index (χ1) is 6.09. The first-order valence-corrected chi connectivity index (χ1v) is 7.88. The van der Waals surface area contributed by atoms with Gasteiger partial charge in [0.1, 0.15) is 6.20 Å². The van der Waals surface area contributed by atoms with Crippen molar-refractivity contribution < 1.29 is 28.2 Å². The van der Waals surface area contributed by atoms with Crippen molar-refractivity contribution >= 4 is 13.9 Å². The molecule has 0 unspecified atom stereocenters. The van der Waals surface area contributed by atoms with Gasteiger partial charge in [-0.15, -0.1) is 4.52 Å². The smallest absolute Gasteiger partial charge is 0.292 e. The lowest BCUT2D eigenvalue weighted by Gasteiger charge is -2.10. The molecule has 2 aromatic rings. The van der Waals surface area contributed by atoms with E-state index in [1.807, 2.05) is 23.0 Å². The second-order valence-corrected chi connectivity index (χ2v) is 8.99. The summed E-state index contributed by atoms with van der Waals surface area (Å²) in [6, 6.07) is 4.08. The van der Waals surface area contributed by atoms with E-state index in [0.29, 0.717) is 0 Å². The zero-order chi connectivity index (χ0) is 9.47. The largest absolute Gasteiger partial charge is 1.00 e. The van der Waals surface area contributed by atoms with E-state index in [4.69, 9.17) is 0 Å². The van der Waals surface area contributed by atoms with Gasteiger partial charge >= 0.3 is 0 Å². The van der Waals surface area contributed by atoms with Gasteiger partial charge in [0.2, 0.25) is 0 Å². The van der Waals surface area contributed by atoms with Crippen molar-refractivity contribution in [2.75, 3.05) is 0 Å². The van der Waals surface area contributed by atoms with Crippen LogP contribution in [-0.2, 0) is 0 Å². The van der Waals surface area contributed by atoms with E-state index < -0.39 is 8.24 Å². The van der Waals surface area contributed by atoms with Gasteiger partial charge in [0.15, 0.2) is 6.20 Å². The van der Waals surface area contributed by atoms with Gasteiger partial charge in [-0.1, -0.05) is 5.10 Å². The Kier molecular flexibility index (Phi) is 3.30. The lowest BCUT2D eigenvalue weighted by Crippen LogP contribution is -3.00. The molecule has 0 spiro atoms. The van der Waals surface area contributed by atoms with E-state index >= 15 is 0 Å². The van der Waals surface area contributed by atoms with E-state index in [2.05, 4.69) is 41.2 Å². The van der Waals surface area contributed by atoms with Crippen molar-refractivity contribution in [3.05, 3.63) is 30.7 Å². The topological polar surface area (TPSA) is 21.2 Å². The van der Waals surface area contributed by atoms with Crippen molar-refractivity contribution in [2.24, 2.45) is 0 Å². The van der Waals surface area contributed by atoms with E-state index in [9.17, 15) is 0 Å². The fourth-order valence-electron chi connectivity index (χ4n) is 1.45. The quantitative estimate of drug-likeness (QED) is 0.454. The van der Waals surface area contributed by atoms with Crippen molar-refractivity contribution in [3.8, 4) is 0 Å². The molecule has 14 heavy (non-hydrogen) atoms. The number of imidazole rings is 1. The van der Waals surface area contributed by atoms with Gasteiger partial charge in [-0.05, 0) is 25.7 Å². The molecule has 0 fully saturated rings. The maximum Gasteiger partial charge on any atom is 0.292 e. The molecule has 0 saturated carbocycles. The van der Waals surface area contributed by atoms with Crippen LogP contribution in [0.1, 0.15) is 0 Å². The molecular formula is C9H14IN3Si. The summed E-state index contributed by atoms with van der Waals surface area (Å²) in [6.45, 7) is 6.96. The standard InChI is InChI=1S/C9H14N3Si.HI/c1-13(2,3)12-8-7-11-9(12)5-4-6-10-11;/h4-8H,1-3H3;1H/q+1;/p-1. The zero-order valence-corrected chi connectivity index (χ0v) is 11.8. The Morgan fingerprint density at radius 2 is 2.07 bits per heavy atom. The number of rotatable bonds is 1. The van der Waals surface area contributed by atoms with Crippen molar-refractivity contribution in [1.29, 1.82) is 0 Å². The summed E-state index contributed by atoms with van der Waals surface area (Å²) in [5.74, 6) is 0. The highest BCUT2D eigenvalue weighted by Gasteiger charge is 2.26. The van der Waals surface area contributed by atoms with Gasteiger partial charge in [-0.2, -0.15) is 0 Å². The molecule has 5 heteroatoms. The molecule has 3 nitrogen and oxygen atoms in total. The van der Waals surface area contributed by atoms with E-state index in [1.54, 1.807) is 0 Å². The van der Waals surface area contributed by atoms with Crippen LogP contribution in [-0.4, -0.2) is 17.8 Å². The van der Waals surface area contributed by atoms with Gasteiger partial charge in [0, 0.05) is 6.07 Å². The Bertz CT molecular complexity index is 433. The van der Waals surface area contributed by atoms with E-state index in [0.717, 1.165) is 0 Å². The van der Waals surface area contributed by atoms with Gasteiger partial charge in [-0.25, -0.2) is 0 Å². The lowest BCUT2D eigenvalue weighted by molar-refractivity contribution is -0.515. The molecule has 0 atom stereocenters. The molecule has 0 radical (unpaired) electrons. The van der Waals surface area contributed by atoms with Crippen molar-refractivity contribution in [3.63, 3.8) is 0 Å². The minimum Gasteiger partial charge on any atom is -1.00 e. The predicted octanol–water partition coefficient (Wildman–Crippen LogP) is -1.69. The second-order valence-electron chi connectivity index (χ2n) is 4.17. The Morgan fingerprint density at radius 1 is 1.36 bits per heavy atom. The molecule has 76 valence electrons. The van der Waals surface area contributed by atoms with Crippen LogP contribution in [0.2, 0.25) is 19.6 Å². The van der Waals surface area contributed by atoms with E-state index in [1.165, 1.54) is 5.65 Å². The molecule has 2 heterocycles. The van der Waals surface area contributed by atoms with E-state index in [-0.39, 0.29) is 24.0 Å². The average Bonchev–Trinajstić information content (AvgIpc) is 2.45. The molecular weight excluding hydrogens is 305 g/mol. The summed E-state index contributed by atoms with van der Waals surface area (Å²) in [4.78, 5) is 0. The number of hydrogen-bond donors (Lipinski definition) is 0. The first-order valence-electron chi connectivity index (χ1n) is 4.43. The average molecular weight is 319 g/mol. The van der Waals surface area contributed by atoms with Crippen molar-refractivity contribution in [1.82, 2.24) is 9.61 Å². The van der Waals surface area contributed by atoms with Crippen LogP contribution in [0.3, 0.4) is 0 Å². The highest BCUT2D eigenvalue weighted by atomic mass is 127. The van der Waals surface area contributed by atoms with Gasteiger partial charge in [0.25, 0.3) is 13.9 Å².